The number of nitrogens with one attached hydrogen (secondary N) is 2. The Morgan fingerprint density at radius 1 is 1.35 bits per heavy atom. The maximum absolute atomic E-state index is 12.0. The number of hydrogen-bond acceptors (Lipinski definition) is 4. The average molecular weight is 383 g/mol. The highest BCUT2D eigenvalue weighted by Crippen LogP contribution is 2.26. The van der Waals surface area contributed by atoms with Crippen LogP contribution in [-0.4, -0.2) is 56.2 Å². The molecule has 0 aromatic heterocycles. The average Bonchev–Trinajstić information content (AvgIpc) is 2.52. The van der Waals surface area contributed by atoms with Crippen molar-refractivity contribution in [1.29, 1.82) is 0 Å². The second-order valence-electron chi connectivity index (χ2n) is 5.22. The molecule has 1 unspecified atom stereocenters. The van der Waals surface area contributed by atoms with Crippen molar-refractivity contribution in [2.75, 3.05) is 39.3 Å². The van der Waals surface area contributed by atoms with Crippen LogP contribution in [0.1, 0.15) is 6.92 Å². The molecule has 1 fully saturated rings. The molecule has 1 heterocycles. The van der Waals surface area contributed by atoms with Gasteiger partial charge in [0.2, 0.25) is 0 Å². The Morgan fingerprint density at radius 3 is 2.70 bits per heavy atom. The molecule has 0 spiro atoms. The summed E-state index contributed by atoms with van der Waals surface area (Å²) in [5.41, 5.74) is 0. The summed E-state index contributed by atoms with van der Waals surface area (Å²) >= 11 is 11.8. The van der Waals surface area contributed by atoms with Crippen molar-refractivity contribution in [2.45, 2.75) is 13.0 Å². The quantitative estimate of drug-likeness (QED) is 0.792. The highest BCUT2D eigenvalue weighted by molar-refractivity contribution is 6.42. The summed E-state index contributed by atoms with van der Waals surface area (Å²) in [6, 6.07) is 4.95. The fraction of sp³-hybridized carbons (Fsp3) is 0.533. The SMILES string of the molecule is CC(Oc1ccc(Cl)c(Cl)c1)C(=O)NCCN1CCNCC1.Cl. The molecule has 23 heavy (non-hydrogen) atoms. The molecule has 0 radical (unpaired) electrons. The van der Waals surface area contributed by atoms with Gasteiger partial charge in [0, 0.05) is 45.3 Å². The molecule has 5 nitrogen and oxygen atoms in total. The minimum Gasteiger partial charge on any atom is -0.481 e. The summed E-state index contributed by atoms with van der Waals surface area (Å²) < 4.78 is 5.58. The Morgan fingerprint density at radius 2 is 2.04 bits per heavy atom. The maximum Gasteiger partial charge on any atom is 0.260 e. The third-order valence-electron chi connectivity index (χ3n) is 3.51. The van der Waals surface area contributed by atoms with Crippen LogP contribution < -0.4 is 15.4 Å². The van der Waals surface area contributed by atoms with Gasteiger partial charge >= 0.3 is 0 Å². The van der Waals surface area contributed by atoms with Gasteiger partial charge < -0.3 is 15.4 Å². The summed E-state index contributed by atoms with van der Waals surface area (Å²) in [6.45, 7) is 7.23. The predicted molar refractivity (Wildman–Crippen MR) is 96.1 cm³/mol. The van der Waals surface area contributed by atoms with Gasteiger partial charge in [0.1, 0.15) is 5.75 Å². The van der Waals surface area contributed by atoms with Crippen molar-refractivity contribution >= 4 is 41.5 Å². The van der Waals surface area contributed by atoms with E-state index in [-0.39, 0.29) is 18.3 Å². The fourth-order valence-corrected chi connectivity index (χ4v) is 2.51. The van der Waals surface area contributed by atoms with Gasteiger partial charge in [-0.05, 0) is 19.1 Å². The summed E-state index contributed by atoms with van der Waals surface area (Å²) in [6.07, 6.45) is -0.583. The number of hydrogen-bond donors (Lipinski definition) is 2. The van der Waals surface area contributed by atoms with Gasteiger partial charge in [0.05, 0.1) is 10.0 Å². The number of carbonyl (C=O) groups excluding carboxylic acids is 1. The molecular formula is C15H22Cl3N3O2. The van der Waals surface area contributed by atoms with E-state index in [1.54, 1.807) is 25.1 Å². The van der Waals surface area contributed by atoms with Gasteiger partial charge in [-0.3, -0.25) is 9.69 Å². The zero-order valence-electron chi connectivity index (χ0n) is 13.0. The predicted octanol–water partition coefficient (Wildman–Crippen LogP) is 2.20. The van der Waals surface area contributed by atoms with Crippen molar-refractivity contribution in [2.24, 2.45) is 0 Å². The first-order valence-corrected chi connectivity index (χ1v) is 8.14. The molecule has 1 amide bonds. The molecule has 1 aliphatic rings. The molecule has 1 saturated heterocycles. The normalized spacial score (nSPS) is 16.3. The first kappa shape index (κ1) is 20.3. The van der Waals surface area contributed by atoms with E-state index in [1.165, 1.54) is 0 Å². The van der Waals surface area contributed by atoms with E-state index in [9.17, 15) is 4.79 Å². The van der Waals surface area contributed by atoms with E-state index in [2.05, 4.69) is 15.5 Å². The minimum atomic E-state index is -0.583. The molecule has 1 aliphatic heterocycles. The number of benzene rings is 1. The lowest BCUT2D eigenvalue weighted by molar-refractivity contribution is -0.127. The molecule has 0 bridgehead atoms. The molecule has 1 aromatic rings. The lowest BCUT2D eigenvalue weighted by Gasteiger charge is -2.27. The van der Waals surface area contributed by atoms with Crippen LogP contribution in [0.25, 0.3) is 0 Å². The van der Waals surface area contributed by atoms with E-state index in [0.717, 1.165) is 32.7 Å². The van der Waals surface area contributed by atoms with Crippen LogP contribution in [0.15, 0.2) is 18.2 Å². The van der Waals surface area contributed by atoms with Crippen molar-refractivity contribution in [3.63, 3.8) is 0 Å². The number of piperazine rings is 1. The number of halogens is 3. The third kappa shape index (κ3) is 6.73. The topological polar surface area (TPSA) is 53.6 Å². The molecule has 2 rings (SSSR count). The highest BCUT2D eigenvalue weighted by atomic mass is 35.5. The standard InChI is InChI=1S/C15H21Cl2N3O2.ClH/c1-11(22-12-2-3-13(16)14(17)10-12)15(21)19-6-9-20-7-4-18-5-8-20;/h2-3,10-11,18H,4-9H2,1H3,(H,19,21);1H. The molecule has 0 saturated carbocycles. The fourth-order valence-electron chi connectivity index (χ4n) is 2.22. The van der Waals surface area contributed by atoms with Crippen molar-refractivity contribution in [1.82, 2.24) is 15.5 Å². The Labute approximate surface area is 153 Å². The molecular weight excluding hydrogens is 361 g/mol. The lowest BCUT2D eigenvalue weighted by Crippen LogP contribution is -2.47. The monoisotopic (exact) mass is 381 g/mol. The summed E-state index contributed by atoms with van der Waals surface area (Å²) in [5, 5.41) is 7.06. The number of ether oxygens (including phenoxy) is 1. The number of amides is 1. The maximum atomic E-state index is 12.0. The van der Waals surface area contributed by atoms with Gasteiger partial charge in [0.25, 0.3) is 5.91 Å². The summed E-state index contributed by atoms with van der Waals surface area (Å²) in [7, 11) is 0. The number of rotatable bonds is 6. The van der Waals surface area contributed by atoms with E-state index in [4.69, 9.17) is 27.9 Å². The van der Waals surface area contributed by atoms with Crippen LogP contribution in [0, 0.1) is 0 Å². The van der Waals surface area contributed by atoms with Crippen LogP contribution in [0.3, 0.4) is 0 Å². The second-order valence-corrected chi connectivity index (χ2v) is 6.03. The van der Waals surface area contributed by atoms with E-state index < -0.39 is 6.10 Å². The van der Waals surface area contributed by atoms with Gasteiger partial charge in [-0.2, -0.15) is 0 Å². The Balaban J connectivity index is 0.00000264. The van der Waals surface area contributed by atoms with E-state index >= 15 is 0 Å². The van der Waals surface area contributed by atoms with E-state index in [1.807, 2.05) is 0 Å². The molecule has 130 valence electrons. The van der Waals surface area contributed by atoms with Gasteiger partial charge in [-0.15, -0.1) is 12.4 Å². The number of nitrogens with zero attached hydrogens (tertiary/aromatic N) is 1. The van der Waals surface area contributed by atoms with Crippen LogP contribution >= 0.6 is 35.6 Å². The van der Waals surface area contributed by atoms with Crippen molar-refractivity contribution in [3.05, 3.63) is 28.2 Å². The van der Waals surface area contributed by atoms with Crippen molar-refractivity contribution in [3.8, 4) is 5.75 Å². The number of carbonyl (C=O) groups is 1. The zero-order valence-corrected chi connectivity index (χ0v) is 15.3. The lowest BCUT2D eigenvalue weighted by atomic mass is 10.3. The van der Waals surface area contributed by atoms with Crippen LogP contribution in [0.4, 0.5) is 0 Å². The smallest absolute Gasteiger partial charge is 0.260 e. The largest absolute Gasteiger partial charge is 0.481 e. The molecule has 1 aromatic carbocycles. The first-order chi connectivity index (χ1) is 10.6. The zero-order chi connectivity index (χ0) is 15.9. The molecule has 2 N–H and O–H groups in total. The minimum absolute atomic E-state index is 0. The third-order valence-corrected chi connectivity index (χ3v) is 4.25. The Kier molecular flexibility index (Phi) is 9.02. The summed E-state index contributed by atoms with van der Waals surface area (Å²) in [4.78, 5) is 14.3. The Hall–Kier alpha value is -0.720. The van der Waals surface area contributed by atoms with Crippen LogP contribution in [0.2, 0.25) is 10.0 Å². The van der Waals surface area contributed by atoms with Crippen LogP contribution in [-0.2, 0) is 4.79 Å². The second kappa shape index (κ2) is 10.2. The van der Waals surface area contributed by atoms with E-state index in [0.29, 0.717) is 22.3 Å². The first-order valence-electron chi connectivity index (χ1n) is 7.39. The Bertz CT molecular complexity index is 511. The molecule has 1 atom stereocenters. The highest BCUT2D eigenvalue weighted by Gasteiger charge is 2.15. The molecule has 0 aliphatic carbocycles. The van der Waals surface area contributed by atoms with Gasteiger partial charge in [0.15, 0.2) is 6.10 Å². The van der Waals surface area contributed by atoms with Crippen molar-refractivity contribution < 1.29 is 9.53 Å². The van der Waals surface area contributed by atoms with Gasteiger partial charge in [-0.1, -0.05) is 23.2 Å². The molecule has 8 heteroatoms. The van der Waals surface area contributed by atoms with Crippen LogP contribution in [0.5, 0.6) is 5.75 Å². The summed E-state index contributed by atoms with van der Waals surface area (Å²) in [5.74, 6) is 0.389. The van der Waals surface area contributed by atoms with Gasteiger partial charge in [-0.25, -0.2) is 0 Å².